The van der Waals surface area contributed by atoms with Crippen molar-refractivity contribution >= 4 is 0 Å². The number of benzene rings is 1. The minimum absolute atomic E-state index is 0.0482. The van der Waals surface area contributed by atoms with E-state index in [0.717, 1.165) is 18.7 Å². The summed E-state index contributed by atoms with van der Waals surface area (Å²) in [5, 5.41) is 3.20. The lowest BCUT2D eigenvalue weighted by molar-refractivity contribution is -0.0512. The predicted octanol–water partition coefficient (Wildman–Crippen LogP) is 2.25. The minimum atomic E-state index is -2.78. The first-order valence-corrected chi connectivity index (χ1v) is 6.06. The molecule has 0 spiro atoms. The highest BCUT2D eigenvalue weighted by Crippen LogP contribution is 2.30. The van der Waals surface area contributed by atoms with Gasteiger partial charge in [0.05, 0.1) is 0 Å². The van der Waals surface area contributed by atoms with E-state index in [4.69, 9.17) is 0 Å². The lowest BCUT2D eigenvalue weighted by Gasteiger charge is -2.39. The summed E-state index contributed by atoms with van der Waals surface area (Å²) >= 11 is 0. The largest absolute Gasteiger partial charge is 0.434 e. The van der Waals surface area contributed by atoms with Crippen LogP contribution in [0.4, 0.5) is 8.78 Å². The van der Waals surface area contributed by atoms with E-state index < -0.39 is 6.61 Å². The smallest absolute Gasteiger partial charge is 0.387 e. The van der Waals surface area contributed by atoms with Gasteiger partial charge in [-0.25, -0.2) is 0 Å². The molecule has 1 aromatic rings. The summed E-state index contributed by atoms with van der Waals surface area (Å²) in [5.74, 6) is 0.263. The third-order valence-corrected chi connectivity index (χ3v) is 3.53. The van der Waals surface area contributed by atoms with Crippen molar-refractivity contribution in [1.82, 2.24) is 10.2 Å². The summed E-state index contributed by atoms with van der Waals surface area (Å²) in [4.78, 5) is 2.18. The van der Waals surface area contributed by atoms with Crippen molar-refractivity contribution in [2.24, 2.45) is 0 Å². The van der Waals surface area contributed by atoms with Crippen LogP contribution >= 0.6 is 0 Å². The summed E-state index contributed by atoms with van der Waals surface area (Å²) in [6.07, 6.45) is 0. The average Bonchev–Trinajstić information content (AvgIpc) is 2.25. The Morgan fingerprint density at radius 3 is 2.56 bits per heavy atom. The van der Waals surface area contributed by atoms with E-state index in [-0.39, 0.29) is 11.8 Å². The molecule has 1 aliphatic rings. The molecule has 18 heavy (non-hydrogen) atoms. The van der Waals surface area contributed by atoms with Gasteiger partial charge in [0.25, 0.3) is 0 Å². The molecule has 0 aliphatic carbocycles. The number of hydrogen-bond acceptors (Lipinski definition) is 3. The quantitative estimate of drug-likeness (QED) is 0.874. The summed E-state index contributed by atoms with van der Waals surface area (Å²) in [6.45, 7) is 1.11. The summed E-state index contributed by atoms with van der Waals surface area (Å²) in [7, 11) is 2.01. The van der Waals surface area contributed by atoms with E-state index in [1.54, 1.807) is 12.1 Å². The summed E-state index contributed by atoms with van der Waals surface area (Å²) in [6, 6.07) is 7.48. The fourth-order valence-corrected chi connectivity index (χ4v) is 2.13. The molecule has 0 aromatic heterocycles. The van der Waals surface area contributed by atoms with Crippen molar-refractivity contribution in [2.45, 2.75) is 25.6 Å². The fraction of sp³-hybridized carbons (Fsp3) is 0.538. The molecule has 1 aliphatic heterocycles. The van der Waals surface area contributed by atoms with Gasteiger partial charge in [-0.3, -0.25) is 4.90 Å². The average molecular weight is 256 g/mol. The second-order valence-electron chi connectivity index (χ2n) is 4.57. The molecule has 1 heterocycles. The Hall–Kier alpha value is -1.20. The number of nitrogens with zero attached hydrogens (tertiary/aromatic N) is 1. The second-order valence-corrected chi connectivity index (χ2v) is 4.57. The number of alkyl halides is 2. The van der Waals surface area contributed by atoms with Crippen LogP contribution in [0.5, 0.6) is 5.75 Å². The molecule has 5 heteroatoms. The Bertz CT molecular complexity index is 396. The lowest BCUT2D eigenvalue weighted by Crippen LogP contribution is -2.56. The van der Waals surface area contributed by atoms with Crippen LogP contribution in [0.25, 0.3) is 0 Å². The molecule has 1 fully saturated rings. The fourth-order valence-electron chi connectivity index (χ4n) is 2.13. The van der Waals surface area contributed by atoms with Gasteiger partial charge in [0, 0.05) is 30.7 Å². The van der Waals surface area contributed by atoms with Crippen molar-refractivity contribution in [1.29, 1.82) is 0 Å². The van der Waals surface area contributed by atoms with Crippen molar-refractivity contribution < 1.29 is 13.5 Å². The lowest BCUT2D eigenvalue weighted by atomic mass is 10.0. The van der Waals surface area contributed by atoms with Crippen LogP contribution in [0.2, 0.25) is 0 Å². The maximum Gasteiger partial charge on any atom is 0.387 e. The van der Waals surface area contributed by atoms with Crippen LogP contribution in [-0.4, -0.2) is 37.7 Å². The second kappa shape index (κ2) is 5.63. The monoisotopic (exact) mass is 256 g/mol. The van der Waals surface area contributed by atoms with Crippen LogP contribution in [0.1, 0.15) is 18.5 Å². The maximum absolute atomic E-state index is 12.4. The van der Waals surface area contributed by atoms with Crippen LogP contribution in [-0.2, 0) is 0 Å². The molecule has 1 unspecified atom stereocenters. The number of nitrogens with one attached hydrogen (secondary N) is 1. The molecule has 100 valence electrons. The molecule has 1 saturated heterocycles. The van der Waals surface area contributed by atoms with Crippen molar-refractivity contribution in [2.75, 3.05) is 20.1 Å². The highest BCUT2D eigenvalue weighted by molar-refractivity contribution is 5.35. The molecule has 1 atom stereocenters. The standard InChI is InChI=1S/C13H18F2N2O/c1-9(17(2)10-7-16-8-10)11-5-3-4-6-12(11)18-13(14)15/h3-6,9-10,13,16H,7-8H2,1-2H3. The molecular formula is C13H18F2N2O. The topological polar surface area (TPSA) is 24.5 Å². The molecule has 2 rings (SSSR count). The Balaban J connectivity index is 2.15. The SMILES string of the molecule is CC(c1ccccc1OC(F)F)N(C)C1CNC1. The van der Waals surface area contributed by atoms with E-state index in [2.05, 4.69) is 15.0 Å². The van der Waals surface area contributed by atoms with E-state index in [1.165, 1.54) is 0 Å². The highest BCUT2D eigenvalue weighted by Gasteiger charge is 2.27. The van der Waals surface area contributed by atoms with E-state index in [1.807, 2.05) is 26.1 Å². The van der Waals surface area contributed by atoms with E-state index in [0.29, 0.717) is 6.04 Å². The van der Waals surface area contributed by atoms with Gasteiger partial charge >= 0.3 is 6.61 Å². The number of likely N-dealkylation sites (N-methyl/N-ethyl adjacent to an activating group) is 1. The zero-order valence-electron chi connectivity index (χ0n) is 10.6. The van der Waals surface area contributed by atoms with Crippen molar-refractivity contribution in [3.05, 3.63) is 29.8 Å². The number of halogens is 2. The predicted molar refractivity (Wildman–Crippen MR) is 65.9 cm³/mol. The molecule has 0 saturated carbocycles. The Morgan fingerprint density at radius 1 is 1.33 bits per heavy atom. The maximum atomic E-state index is 12.4. The van der Waals surface area contributed by atoms with Gasteiger partial charge in [0.1, 0.15) is 5.75 Å². The van der Waals surface area contributed by atoms with Crippen LogP contribution in [0.15, 0.2) is 24.3 Å². The zero-order valence-corrected chi connectivity index (χ0v) is 10.6. The van der Waals surface area contributed by atoms with E-state index in [9.17, 15) is 8.78 Å². The number of ether oxygens (including phenoxy) is 1. The number of hydrogen-bond donors (Lipinski definition) is 1. The minimum Gasteiger partial charge on any atom is -0.434 e. The highest BCUT2D eigenvalue weighted by atomic mass is 19.3. The molecule has 3 nitrogen and oxygen atoms in total. The molecule has 1 N–H and O–H groups in total. The van der Waals surface area contributed by atoms with Crippen molar-refractivity contribution in [3.8, 4) is 5.75 Å². The Morgan fingerprint density at radius 2 is 2.00 bits per heavy atom. The molecule has 0 amide bonds. The van der Waals surface area contributed by atoms with Crippen molar-refractivity contribution in [3.63, 3.8) is 0 Å². The molecule has 1 aromatic carbocycles. The normalized spacial score (nSPS) is 17.9. The van der Waals surface area contributed by atoms with Crippen LogP contribution < -0.4 is 10.1 Å². The summed E-state index contributed by atoms with van der Waals surface area (Å²) < 4.78 is 29.3. The van der Waals surface area contributed by atoms with Gasteiger partial charge in [0.15, 0.2) is 0 Å². The van der Waals surface area contributed by atoms with Gasteiger partial charge < -0.3 is 10.1 Å². The van der Waals surface area contributed by atoms with Gasteiger partial charge in [-0.1, -0.05) is 18.2 Å². The molecule has 0 bridgehead atoms. The number of rotatable bonds is 5. The van der Waals surface area contributed by atoms with E-state index >= 15 is 0 Å². The Labute approximate surface area is 106 Å². The first kappa shape index (κ1) is 13.2. The van der Waals surface area contributed by atoms with Gasteiger partial charge in [-0.05, 0) is 20.0 Å². The molecule has 0 radical (unpaired) electrons. The number of para-hydroxylation sites is 1. The third kappa shape index (κ3) is 2.79. The summed E-state index contributed by atoms with van der Waals surface area (Å²) in [5.41, 5.74) is 0.798. The van der Waals surface area contributed by atoms with Crippen LogP contribution in [0.3, 0.4) is 0 Å². The first-order valence-electron chi connectivity index (χ1n) is 6.06. The zero-order chi connectivity index (χ0) is 13.1. The van der Waals surface area contributed by atoms with Gasteiger partial charge in [0.2, 0.25) is 0 Å². The van der Waals surface area contributed by atoms with Crippen LogP contribution in [0, 0.1) is 0 Å². The Kier molecular flexibility index (Phi) is 4.14. The van der Waals surface area contributed by atoms with Gasteiger partial charge in [-0.2, -0.15) is 8.78 Å². The first-order chi connectivity index (χ1) is 8.59. The third-order valence-electron chi connectivity index (χ3n) is 3.53. The van der Waals surface area contributed by atoms with Gasteiger partial charge in [-0.15, -0.1) is 0 Å². The molecular weight excluding hydrogens is 238 g/mol.